The van der Waals surface area contributed by atoms with E-state index in [-0.39, 0.29) is 0 Å². The van der Waals surface area contributed by atoms with Crippen LogP contribution in [-0.2, 0) is 6.42 Å². The van der Waals surface area contributed by atoms with E-state index in [9.17, 15) is 0 Å². The first-order valence-electron chi connectivity index (χ1n) is 6.82. The second kappa shape index (κ2) is 6.31. The summed E-state index contributed by atoms with van der Waals surface area (Å²) in [5.41, 5.74) is 3.74. The van der Waals surface area contributed by atoms with Crippen molar-refractivity contribution in [2.45, 2.75) is 33.2 Å². The van der Waals surface area contributed by atoms with Gasteiger partial charge in [0.25, 0.3) is 0 Å². The summed E-state index contributed by atoms with van der Waals surface area (Å²) in [7, 11) is 1.96. The van der Waals surface area contributed by atoms with Crippen molar-refractivity contribution < 1.29 is 0 Å². The number of hydrogen-bond acceptors (Lipinski definition) is 3. The van der Waals surface area contributed by atoms with Crippen molar-refractivity contribution >= 4 is 11.3 Å². The van der Waals surface area contributed by atoms with Crippen LogP contribution in [0.4, 0.5) is 0 Å². The summed E-state index contributed by atoms with van der Waals surface area (Å²) in [6.45, 7) is 6.63. The third-order valence-electron chi connectivity index (χ3n) is 3.24. The molecule has 0 aliphatic heterocycles. The first kappa shape index (κ1) is 14.2. The molecule has 2 rings (SSSR count). The van der Waals surface area contributed by atoms with E-state index < -0.39 is 0 Å². The normalized spacial score (nSPS) is 12.9. The molecule has 0 amide bonds. The van der Waals surface area contributed by atoms with Crippen molar-refractivity contribution in [1.82, 2.24) is 10.3 Å². The summed E-state index contributed by atoms with van der Waals surface area (Å²) in [5, 5.41) is 6.46. The van der Waals surface area contributed by atoms with Crippen molar-refractivity contribution in [3.05, 3.63) is 40.9 Å². The van der Waals surface area contributed by atoms with E-state index in [1.54, 1.807) is 11.3 Å². The number of aromatic nitrogens is 1. The molecule has 0 fully saturated rings. The molecule has 2 aromatic rings. The number of benzene rings is 1. The molecule has 1 aromatic heterocycles. The Hall–Kier alpha value is -1.19. The molecule has 3 heteroatoms. The predicted molar refractivity (Wildman–Crippen MR) is 83.6 cm³/mol. The van der Waals surface area contributed by atoms with Gasteiger partial charge in [0, 0.05) is 17.0 Å². The monoisotopic (exact) mass is 274 g/mol. The summed E-state index contributed by atoms with van der Waals surface area (Å²) < 4.78 is 0. The van der Waals surface area contributed by atoms with Gasteiger partial charge in [0.1, 0.15) is 5.01 Å². The fraction of sp³-hybridized carbons (Fsp3) is 0.438. The quantitative estimate of drug-likeness (QED) is 0.880. The lowest BCUT2D eigenvalue weighted by atomic mass is 10.0. The Morgan fingerprint density at radius 1 is 1.16 bits per heavy atom. The lowest BCUT2D eigenvalue weighted by molar-refractivity contribution is 0.637. The van der Waals surface area contributed by atoms with Gasteiger partial charge in [-0.05, 0) is 31.9 Å². The first-order valence-corrected chi connectivity index (χ1v) is 7.70. The SMILES string of the molecule is CNC(C)c1csc(-c2ccc(CC(C)C)cc2)n1. The van der Waals surface area contributed by atoms with Crippen LogP contribution in [0.3, 0.4) is 0 Å². The van der Waals surface area contributed by atoms with Crippen LogP contribution in [-0.4, -0.2) is 12.0 Å². The first-order chi connectivity index (χ1) is 9.10. The van der Waals surface area contributed by atoms with E-state index in [1.165, 1.54) is 11.1 Å². The molecule has 0 saturated carbocycles. The highest BCUT2D eigenvalue weighted by atomic mass is 32.1. The third kappa shape index (κ3) is 3.64. The van der Waals surface area contributed by atoms with Gasteiger partial charge in [-0.1, -0.05) is 38.1 Å². The maximum atomic E-state index is 4.70. The van der Waals surface area contributed by atoms with E-state index >= 15 is 0 Å². The Balaban J connectivity index is 2.15. The van der Waals surface area contributed by atoms with Crippen molar-refractivity contribution in [2.24, 2.45) is 5.92 Å². The zero-order chi connectivity index (χ0) is 13.8. The van der Waals surface area contributed by atoms with Crippen LogP contribution < -0.4 is 5.32 Å². The van der Waals surface area contributed by atoms with Crippen LogP contribution >= 0.6 is 11.3 Å². The average molecular weight is 274 g/mol. The summed E-state index contributed by atoms with van der Waals surface area (Å²) in [5.74, 6) is 0.703. The highest BCUT2D eigenvalue weighted by molar-refractivity contribution is 7.13. The summed E-state index contributed by atoms with van der Waals surface area (Å²) in [4.78, 5) is 4.70. The molecule has 1 aromatic carbocycles. The molecule has 0 bridgehead atoms. The molecule has 0 aliphatic rings. The smallest absolute Gasteiger partial charge is 0.123 e. The van der Waals surface area contributed by atoms with Gasteiger partial charge >= 0.3 is 0 Å². The van der Waals surface area contributed by atoms with E-state index in [1.807, 2.05) is 7.05 Å². The van der Waals surface area contributed by atoms with Crippen LogP contribution in [0.2, 0.25) is 0 Å². The molecule has 19 heavy (non-hydrogen) atoms. The highest BCUT2D eigenvalue weighted by Gasteiger charge is 2.09. The zero-order valence-corrected chi connectivity index (χ0v) is 12.9. The molecule has 1 N–H and O–H groups in total. The van der Waals surface area contributed by atoms with Gasteiger partial charge in [-0.25, -0.2) is 4.98 Å². The minimum Gasteiger partial charge on any atom is -0.312 e. The Bertz CT molecular complexity index is 514. The van der Waals surface area contributed by atoms with E-state index in [4.69, 9.17) is 4.98 Å². The van der Waals surface area contributed by atoms with Crippen molar-refractivity contribution in [3.8, 4) is 10.6 Å². The van der Waals surface area contributed by atoms with E-state index in [2.05, 4.69) is 55.7 Å². The Morgan fingerprint density at radius 3 is 2.42 bits per heavy atom. The maximum absolute atomic E-state index is 4.70. The molecule has 1 unspecified atom stereocenters. The minimum absolute atomic E-state index is 0.310. The Morgan fingerprint density at radius 2 is 1.84 bits per heavy atom. The summed E-state index contributed by atoms with van der Waals surface area (Å²) >= 11 is 1.71. The molecule has 1 heterocycles. The summed E-state index contributed by atoms with van der Waals surface area (Å²) in [6.07, 6.45) is 1.14. The predicted octanol–water partition coefficient (Wildman–Crippen LogP) is 4.29. The number of nitrogens with one attached hydrogen (secondary N) is 1. The second-order valence-corrected chi connectivity index (χ2v) is 6.24. The second-order valence-electron chi connectivity index (χ2n) is 5.38. The highest BCUT2D eigenvalue weighted by Crippen LogP contribution is 2.26. The van der Waals surface area contributed by atoms with Crippen LogP contribution in [0.15, 0.2) is 29.6 Å². The van der Waals surface area contributed by atoms with Crippen LogP contribution in [0.5, 0.6) is 0 Å². The minimum atomic E-state index is 0.310. The van der Waals surface area contributed by atoms with E-state index in [0.29, 0.717) is 12.0 Å². The molecular weight excluding hydrogens is 252 g/mol. The van der Waals surface area contributed by atoms with Gasteiger partial charge in [0.2, 0.25) is 0 Å². The fourth-order valence-electron chi connectivity index (χ4n) is 2.02. The van der Waals surface area contributed by atoms with Gasteiger partial charge in [-0.3, -0.25) is 0 Å². The van der Waals surface area contributed by atoms with Crippen molar-refractivity contribution in [1.29, 1.82) is 0 Å². The standard InChI is InChI=1S/C16H22N2S/c1-11(2)9-13-5-7-14(8-6-13)16-18-15(10-19-16)12(3)17-4/h5-8,10-12,17H,9H2,1-4H3. The third-order valence-corrected chi connectivity index (χ3v) is 4.15. The maximum Gasteiger partial charge on any atom is 0.123 e. The largest absolute Gasteiger partial charge is 0.312 e. The van der Waals surface area contributed by atoms with Gasteiger partial charge in [0.15, 0.2) is 0 Å². The number of rotatable bonds is 5. The zero-order valence-electron chi connectivity index (χ0n) is 12.1. The van der Waals surface area contributed by atoms with Gasteiger partial charge in [-0.15, -0.1) is 11.3 Å². The topological polar surface area (TPSA) is 24.9 Å². The van der Waals surface area contributed by atoms with Crippen LogP contribution in [0.25, 0.3) is 10.6 Å². The average Bonchev–Trinajstić information content (AvgIpc) is 2.87. The van der Waals surface area contributed by atoms with Crippen LogP contribution in [0, 0.1) is 5.92 Å². The Kier molecular flexibility index (Phi) is 4.72. The van der Waals surface area contributed by atoms with Crippen molar-refractivity contribution in [3.63, 3.8) is 0 Å². The van der Waals surface area contributed by atoms with Gasteiger partial charge in [-0.2, -0.15) is 0 Å². The molecule has 0 spiro atoms. The Labute approximate surface area is 119 Å². The van der Waals surface area contributed by atoms with E-state index in [0.717, 1.165) is 17.1 Å². The molecule has 0 aliphatic carbocycles. The lowest BCUT2D eigenvalue weighted by Crippen LogP contribution is -2.12. The van der Waals surface area contributed by atoms with Gasteiger partial charge in [0.05, 0.1) is 5.69 Å². The summed E-state index contributed by atoms with van der Waals surface area (Å²) in [6, 6.07) is 9.12. The van der Waals surface area contributed by atoms with Crippen LogP contribution in [0.1, 0.15) is 38.1 Å². The number of hydrogen-bond donors (Lipinski definition) is 1. The van der Waals surface area contributed by atoms with Crippen molar-refractivity contribution in [2.75, 3.05) is 7.05 Å². The number of nitrogens with zero attached hydrogens (tertiary/aromatic N) is 1. The lowest BCUT2D eigenvalue weighted by Gasteiger charge is -2.06. The molecule has 1 atom stereocenters. The molecule has 0 radical (unpaired) electrons. The molecule has 102 valence electrons. The molecule has 0 saturated heterocycles. The molecule has 2 nitrogen and oxygen atoms in total. The molecular formula is C16H22N2S. The fourth-order valence-corrected chi connectivity index (χ4v) is 2.94. The number of thiazole rings is 1. The van der Waals surface area contributed by atoms with Gasteiger partial charge < -0.3 is 5.32 Å².